The van der Waals surface area contributed by atoms with Crippen LogP contribution in [0.25, 0.3) is 0 Å². The summed E-state index contributed by atoms with van der Waals surface area (Å²) in [5.74, 6) is 0. The summed E-state index contributed by atoms with van der Waals surface area (Å²) in [6.45, 7) is 0. The SMILES string of the molecule is CNC(c1cnccc1C(F)(F)F)c1ncccc1Cl. The van der Waals surface area contributed by atoms with Crippen molar-refractivity contribution in [3.05, 3.63) is 58.6 Å². The summed E-state index contributed by atoms with van der Waals surface area (Å²) in [6.07, 6.45) is -0.697. The number of hydrogen-bond acceptors (Lipinski definition) is 3. The zero-order valence-corrected chi connectivity index (χ0v) is 11.2. The summed E-state index contributed by atoms with van der Waals surface area (Å²) in [5, 5.41) is 3.10. The van der Waals surface area contributed by atoms with Gasteiger partial charge in [-0.05, 0) is 25.2 Å². The first-order valence-electron chi connectivity index (χ1n) is 5.74. The highest BCUT2D eigenvalue weighted by Gasteiger charge is 2.36. The van der Waals surface area contributed by atoms with Crippen LogP contribution < -0.4 is 5.32 Å². The maximum Gasteiger partial charge on any atom is 0.416 e. The van der Waals surface area contributed by atoms with Gasteiger partial charge in [0.05, 0.1) is 22.3 Å². The lowest BCUT2D eigenvalue weighted by Gasteiger charge is -2.21. The second kappa shape index (κ2) is 5.76. The first kappa shape index (κ1) is 14.7. The molecule has 2 heterocycles. The maximum absolute atomic E-state index is 13.1. The van der Waals surface area contributed by atoms with Crippen molar-refractivity contribution in [2.45, 2.75) is 12.2 Å². The van der Waals surface area contributed by atoms with E-state index in [1.54, 1.807) is 19.2 Å². The van der Waals surface area contributed by atoms with E-state index in [-0.39, 0.29) is 5.56 Å². The topological polar surface area (TPSA) is 37.8 Å². The number of hydrogen-bond donors (Lipinski definition) is 1. The molecule has 0 aliphatic carbocycles. The number of alkyl halides is 3. The number of nitrogens with zero attached hydrogens (tertiary/aromatic N) is 2. The first-order valence-corrected chi connectivity index (χ1v) is 6.11. The van der Waals surface area contributed by atoms with Crippen LogP contribution in [-0.4, -0.2) is 17.0 Å². The van der Waals surface area contributed by atoms with Crippen molar-refractivity contribution in [3.63, 3.8) is 0 Å². The van der Waals surface area contributed by atoms with Gasteiger partial charge in [-0.25, -0.2) is 0 Å². The van der Waals surface area contributed by atoms with Crippen LogP contribution in [0.1, 0.15) is 22.9 Å². The van der Waals surface area contributed by atoms with Crippen molar-refractivity contribution >= 4 is 11.6 Å². The molecule has 0 radical (unpaired) electrons. The van der Waals surface area contributed by atoms with Crippen molar-refractivity contribution in [2.75, 3.05) is 7.05 Å². The predicted molar refractivity (Wildman–Crippen MR) is 69.4 cm³/mol. The smallest absolute Gasteiger partial charge is 0.308 e. The quantitative estimate of drug-likeness (QED) is 0.943. The standard InChI is InChI=1S/C13H11ClF3N3/c1-18-11(12-10(14)3-2-5-20-12)8-7-19-6-4-9(8)13(15,16)17/h2-7,11,18H,1H3. The molecule has 2 aromatic rings. The van der Waals surface area contributed by atoms with Gasteiger partial charge in [0.2, 0.25) is 0 Å². The van der Waals surface area contributed by atoms with Gasteiger partial charge in [0, 0.05) is 24.2 Å². The Bertz CT molecular complexity index is 601. The lowest BCUT2D eigenvalue weighted by molar-refractivity contribution is -0.138. The van der Waals surface area contributed by atoms with Crippen molar-refractivity contribution in [2.24, 2.45) is 0 Å². The number of halogens is 4. The maximum atomic E-state index is 13.1. The summed E-state index contributed by atoms with van der Waals surface area (Å²) >= 11 is 6.01. The molecule has 106 valence electrons. The number of nitrogens with one attached hydrogen (secondary N) is 1. The number of aromatic nitrogens is 2. The summed E-state index contributed by atoms with van der Waals surface area (Å²) < 4.78 is 39.2. The largest absolute Gasteiger partial charge is 0.416 e. The van der Waals surface area contributed by atoms with E-state index in [0.29, 0.717) is 10.7 Å². The fourth-order valence-electron chi connectivity index (χ4n) is 1.94. The predicted octanol–water partition coefficient (Wildman–Crippen LogP) is 3.46. The average molecular weight is 302 g/mol. The van der Waals surface area contributed by atoms with Gasteiger partial charge in [0.15, 0.2) is 0 Å². The Balaban J connectivity index is 2.57. The van der Waals surface area contributed by atoms with Crippen molar-refractivity contribution in [1.29, 1.82) is 0 Å². The van der Waals surface area contributed by atoms with E-state index in [0.717, 1.165) is 12.3 Å². The molecule has 0 aliphatic heterocycles. The Kier molecular flexibility index (Phi) is 4.25. The van der Waals surface area contributed by atoms with Crippen LogP contribution >= 0.6 is 11.6 Å². The first-order chi connectivity index (χ1) is 9.45. The van der Waals surface area contributed by atoms with E-state index in [9.17, 15) is 13.2 Å². The molecule has 0 fully saturated rings. The van der Waals surface area contributed by atoms with Gasteiger partial charge >= 0.3 is 6.18 Å². The molecule has 2 rings (SSSR count). The normalized spacial score (nSPS) is 13.2. The molecule has 1 atom stereocenters. The van der Waals surface area contributed by atoms with Gasteiger partial charge in [-0.1, -0.05) is 11.6 Å². The van der Waals surface area contributed by atoms with Crippen LogP contribution in [0.5, 0.6) is 0 Å². The van der Waals surface area contributed by atoms with Crippen molar-refractivity contribution in [3.8, 4) is 0 Å². The van der Waals surface area contributed by atoms with Gasteiger partial charge in [0.1, 0.15) is 0 Å². The van der Waals surface area contributed by atoms with E-state index in [2.05, 4.69) is 15.3 Å². The second-order valence-corrected chi connectivity index (χ2v) is 4.46. The van der Waals surface area contributed by atoms with E-state index in [1.807, 2.05) is 0 Å². The summed E-state index contributed by atoms with van der Waals surface area (Å²) in [4.78, 5) is 7.83. The van der Waals surface area contributed by atoms with E-state index >= 15 is 0 Å². The molecule has 0 aromatic carbocycles. The molecular weight excluding hydrogens is 291 g/mol. The van der Waals surface area contributed by atoms with Gasteiger partial charge in [-0.3, -0.25) is 9.97 Å². The Morgan fingerprint density at radius 2 is 2.00 bits per heavy atom. The lowest BCUT2D eigenvalue weighted by Crippen LogP contribution is -2.23. The zero-order valence-electron chi connectivity index (χ0n) is 10.4. The molecule has 3 nitrogen and oxygen atoms in total. The third-order valence-electron chi connectivity index (χ3n) is 2.82. The summed E-state index contributed by atoms with van der Waals surface area (Å²) in [7, 11) is 1.54. The number of rotatable bonds is 3. The summed E-state index contributed by atoms with van der Waals surface area (Å²) in [5.41, 5.74) is -0.438. The number of pyridine rings is 2. The second-order valence-electron chi connectivity index (χ2n) is 4.05. The molecule has 20 heavy (non-hydrogen) atoms. The van der Waals surface area contributed by atoms with E-state index in [1.165, 1.54) is 12.4 Å². The molecule has 0 aliphatic rings. The molecule has 0 amide bonds. The van der Waals surface area contributed by atoms with Gasteiger partial charge in [0.25, 0.3) is 0 Å². The highest BCUT2D eigenvalue weighted by Crippen LogP contribution is 2.36. The molecule has 0 spiro atoms. The third kappa shape index (κ3) is 2.91. The summed E-state index contributed by atoms with van der Waals surface area (Å²) in [6, 6.07) is 3.36. The zero-order chi connectivity index (χ0) is 14.8. The Labute approximate surface area is 118 Å². The van der Waals surface area contributed by atoms with Crippen LogP contribution in [-0.2, 0) is 6.18 Å². The highest BCUT2D eigenvalue weighted by molar-refractivity contribution is 6.31. The molecular formula is C13H11ClF3N3. The van der Waals surface area contributed by atoms with Gasteiger partial charge in [-0.2, -0.15) is 13.2 Å². The third-order valence-corrected chi connectivity index (χ3v) is 3.14. The lowest BCUT2D eigenvalue weighted by atomic mass is 9.99. The molecule has 1 N–H and O–H groups in total. The van der Waals surface area contributed by atoms with Gasteiger partial charge in [-0.15, -0.1) is 0 Å². The van der Waals surface area contributed by atoms with Crippen molar-refractivity contribution < 1.29 is 13.2 Å². The molecule has 0 bridgehead atoms. The van der Waals surface area contributed by atoms with E-state index in [4.69, 9.17) is 11.6 Å². The molecule has 0 saturated heterocycles. The Morgan fingerprint density at radius 1 is 1.25 bits per heavy atom. The minimum atomic E-state index is -4.46. The fourth-order valence-corrected chi connectivity index (χ4v) is 2.18. The van der Waals surface area contributed by atoms with Gasteiger partial charge < -0.3 is 5.32 Å². The fraction of sp³-hybridized carbons (Fsp3) is 0.231. The molecule has 2 aromatic heterocycles. The van der Waals surface area contributed by atoms with Crippen LogP contribution in [0, 0.1) is 0 Å². The van der Waals surface area contributed by atoms with Crippen LogP contribution in [0.2, 0.25) is 5.02 Å². The molecule has 7 heteroatoms. The van der Waals surface area contributed by atoms with Crippen LogP contribution in [0.3, 0.4) is 0 Å². The molecule has 0 saturated carbocycles. The Hall–Kier alpha value is -1.66. The average Bonchev–Trinajstić information content (AvgIpc) is 2.41. The van der Waals surface area contributed by atoms with Crippen LogP contribution in [0.4, 0.5) is 13.2 Å². The minimum absolute atomic E-state index is 0.0110. The van der Waals surface area contributed by atoms with E-state index < -0.39 is 17.8 Å². The monoisotopic (exact) mass is 301 g/mol. The van der Waals surface area contributed by atoms with Crippen molar-refractivity contribution in [1.82, 2.24) is 15.3 Å². The highest BCUT2D eigenvalue weighted by atomic mass is 35.5. The minimum Gasteiger partial charge on any atom is -0.308 e. The van der Waals surface area contributed by atoms with Crippen LogP contribution in [0.15, 0.2) is 36.8 Å². The Morgan fingerprint density at radius 3 is 2.60 bits per heavy atom. The molecule has 1 unspecified atom stereocenters.